The minimum atomic E-state index is -4.38. The van der Waals surface area contributed by atoms with Crippen molar-refractivity contribution in [1.29, 1.82) is 0 Å². The van der Waals surface area contributed by atoms with E-state index < -0.39 is 18.8 Å². The fourth-order valence-electron chi connectivity index (χ4n) is 1.77. The van der Waals surface area contributed by atoms with Crippen LogP contribution in [-0.2, 0) is 6.54 Å². The van der Waals surface area contributed by atoms with Crippen molar-refractivity contribution in [3.05, 3.63) is 35.9 Å². The van der Waals surface area contributed by atoms with Crippen molar-refractivity contribution in [3.63, 3.8) is 0 Å². The van der Waals surface area contributed by atoms with E-state index in [9.17, 15) is 18.0 Å². The summed E-state index contributed by atoms with van der Waals surface area (Å²) in [5.74, 6) is 0. The minimum absolute atomic E-state index is 0.336. The summed E-state index contributed by atoms with van der Waals surface area (Å²) in [7, 11) is 1.96. The molecule has 1 aromatic carbocycles. The fourth-order valence-corrected chi connectivity index (χ4v) is 1.77. The van der Waals surface area contributed by atoms with E-state index in [-0.39, 0.29) is 0 Å². The molecule has 2 amide bonds. The Morgan fingerprint density at radius 3 is 2.48 bits per heavy atom. The van der Waals surface area contributed by atoms with Gasteiger partial charge in [0, 0.05) is 13.1 Å². The Morgan fingerprint density at radius 2 is 1.86 bits per heavy atom. The Balaban J connectivity index is 2.09. The maximum atomic E-state index is 11.9. The van der Waals surface area contributed by atoms with E-state index in [1.165, 1.54) is 5.56 Å². The topological polar surface area (TPSA) is 44.4 Å². The molecule has 118 valence electrons. The van der Waals surface area contributed by atoms with Crippen LogP contribution in [0.4, 0.5) is 18.0 Å². The monoisotopic (exact) mass is 303 g/mol. The van der Waals surface area contributed by atoms with Gasteiger partial charge in [0.05, 0.1) is 0 Å². The number of halogens is 3. The quantitative estimate of drug-likeness (QED) is 0.760. The highest BCUT2D eigenvalue weighted by atomic mass is 19.4. The van der Waals surface area contributed by atoms with Gasteiger partial charge in [0.15, 0.2) is 0 Å². The summed E-state index contributed by atoms with van der Waals surface area (Å²) in [5, 5.41) is 4.16. The number of urea groups is 1. The molecule has 0 aliphatic rings. The maximum Gasteiger partial charge on any atom is 0.405 e. The Labute approximate surface area is 122 Å². The highest BCUT2D eigenvalue weighted by Crippen LogP contribution is 2.11. The Morgan fingerprint density at radius 1 is 1.19 bits per heavy atom. The van der Waals surface area contributed by atoms with Gasteiger partial charge in [0.25, 0.3) is 0 Å². The second kappa shape index (κ2) is 8.51. The molecular formula is C14H20F3N3O. The van der Waals surface area contributed by atoms with Gasteiger partial charge >= 0.3 is 12.2 Å². The highest BCUT2D eigenvalue weighted by molar-refractivity contribution is 5.73. The lowest BCUT2D eigenvalue weighted by Crippen LogP contribution is -2.41. The smallest absolute Gasteiger partial charge is 0.338 e. The molecule has 0 aliphatic heterocycles. The van der Waals surface area contributed by atoms with E-state index in [0.29, 0.717) is 13.0 Å². The van der Waals surface area contributed by atoms with Crippen molar-refractivity contribution < 1.29 is 18.0 Å². The first kappa shape index (κ1) is 17.3. The summed E-state index contributed by atoms with van der Waals surface area (Å²) in [4.78, 5) is 13.2. The van der Waals surface area contributed by atoms with Crippen molar-refractivity contribution in [2.24, 2.45) is 0 Å². The van der Waals surface area contributed by atoms with E-state index in [2.05, 4.69) is 10.2 Å². The number of nitrogens with zero attached hydrogens (tertiary/aromatic N) is 1. The molecule has 0 atom stereocenters. The van der Waals surface area contributed by atoms with Crippen LogP contribution >= 0.6 is 0 Å². The van der Waals surface area contributed by atoms with E-state index in [4.69, 9.17) is 0 Å². The molecule has 1 rings (SSSR count). The largest absolute Gasteiger partial charge is 0.405 e. The fraction of sp³-hybridized carbons (Fsp3) is 0.500. The lowest BCUT2D eigenvalue weighted by atomic mass is 10.2. The van der Waals surface area contributed by atoms with E-state index in [1.807, 2.05) is 37.4 Å². The summed E-state index contributed by atoms with van der Waals surface area (Å²) in [5.41, 5.74) is 1.19. The first-order valence-electron chi connectivity index (χ1n) is 6.68. The summed E-state index contributed by atoms with van der Waals surface area (Å²) in [6.07, 6.45) is -3.71. The molecule has 0 saturated carbocycles. The number of alkyl halides is 3. The van der Waals surface area contributed by atoms with Crippen LogP contribution in [0.3, 0.4) is 0 Å². The number of hydrogen-bond donors (Lipinski definition) is 2. The van der Waals surface area contributed by atoms with Crippen LogP contribution in [0, 0.1) is 0 Å². The van der Waals surface area contributed by atoms with Gasteiger partial charge < -0.3 is 15.5 Å². The summed E-state index contributed by atoms with van der Waals surface area (Å²) >= 11 is 0. The number of hydrogen-bond acceptors (Lipinski definition) is 2. The van der Waals surface area contributed by atoms with E-state index in [0.717, 1.165) is 13.1 Å². The molecule has 0 fully saturated rings. The Bertz CT molecular complexity index is 423. The molecule has 2 N–H and O–H groups in total. The average molecular weight is 303 g/mol. The average Bonchev–Trinajstić information content (AvgIpc) is 2.42. The minimum Gasteiger partial charge on any atom is -0.338 e. The van der Waals surface area contributed by atoms with Crippen molar-refractivity contribution in [2.45, 2.75) is 19.1 Å². The normalized spacial score (nSPS) is 11.5. The maximum absolute atomic E-state index is 11.9. The Kier molecular flexibility index (Phi) is 7.01. The molecule has 0 aromatic heterocycles. The van der Waals surface area contributed by atoms with E-state index in [1.54, 1.807) is 5.32 Å². The standard InChI is InChI=1S/C14H20F3N3O/c1-20(10-12-6-3-2-4-7-12)9-5-8-18-13(21)19-11-14(15,16)17/h2-4,6-7H,5,8-11H2,1H3,(H2,18,19,21). The first-order valence-corrected chi connectivity index (χ1v) is 6.68. The van der Waals surface area contributed by atoms with Crippen molar-refractivity contribution in [2.75, 3.05) is 26.7 Å². The summed E-state index contributed by atoms with van der Waals surface area (Å²) in [6.45, 7) is 0.561. The molecule has 0 spiro atoms. The number of rotatable bonds is 7. The molecule has 0 heterocycles. The third-order valence-corrected chi connectivity index (χ3v) is 2.75. The molecule has 0 unspecified atom stereocenters. The highest BCUT2D eigenvalue weighted by Gasteiger charge is 2.27. The molecule has 0 saturated heterocycles. The number of nitrogens with one attached hydrogen (secondary N) is 2. The van der Waals surface area contributed by atoms with Crippen LogP contribution in [-0.4, -0.2) is 43.8 Å². The first-order chi connectivity index (χ1) is 9.87. The molecule has 0 radical (unpaired) electrons. The zero-order chi connectivity index (χ0) is 15.7. The molecular weight excluding hydrogens is 283 g/mol. The van der Waals surface area contributed by atoms with Gasteiger partial charge in [0.1, 0.15) is 6.54 Å². The molecule has 0 bridgehead atoms. The van der Waals surface area contributed by atoms with Gasteiger partial charge in [-0.1, -0.05) is 30.3 Å². The molecule has 4 nitrogen and oxygen atoms in total. The van der Waals surface area contributed by atoms with Crippen LogP contribution in [0.2, 0.25) is 0 Å². The van der Waals surface area contributed by atoms with Gasteiger partial charge in [-0.15, -0.1) is 0 Å². The van der Waals surface area contributed by atoms with Crippen molar-refractivity contribution in [1.82, 2.24) is 15.5 Å². The number of carbonyl (C=O) groups is 1. The van der Waals surface area contributed by atoms with Gasteiger partial charge in [-0.05, 0) is 25.6 Å². The lowest BCUT2D eigenvalue weighted by Gasteiger charge is -2.17. The second-order valence-corrected chi connectivity index (χ2v) is 4.80. The van der Waals surface area contributed by atoms with Crippen molar-refractivity contribution >= 4 is 6.03 Å². The predicted molar refractivity (Wildman–Crippen MR) is 74.8 cm³/mol. The molecule has 7 heteroatoms. The third-order valence-electron chi connectivity index (χ3n) is 2.75. The van der Waals surface area contributed by atoms with Gasteiger partial charge in [-0.25, -0.2) is 4.79 Å². The van der Waals surface area contributed by atoms with Gasteiger partial charge in [-0.2, -0.15) is 13.2 Å². The van der Waals surface area contributed by atoms with E-state index >= 15 is 0 Å². The summed E-state index contributed by atoms with van der Waals surface area (Å²) < 4.78 is 35.6. The lowest BCUT2D eigenvalue weighted by molar-refractivity contribution is -0.122. The van der Waals surface area contributed by atoms with Gasteiger partial charge in [0.2, 0.25) is 0 Å². The number of carbonyl (C=O) groups excluding carboxylic acids is 1. The van der Waals surface area contributed by atoms with Crippen molar-refractivity contribution in [3.8, 4) is 0 Å². The number of benzene rings is 1. The second-order valence-electron chi connectivity index (χ2n) is 4.80. The van der Waals surface area contributed by atoms with Crippen LogP contribution in [0.5, 0.6) is 0 Å². The summed E-state index contributed by atoms with van der Waals surface area (Å²) in [6, 6.07) is 9.15. The van der Waals surface area contributed by atoms with Gasteiger partial charge in [-0.3, -0.25) is 0 Å². The SMILES string of the molecule is CN(CCCNC(=O)NCC(F)(F)F)Cc1ccccc1. The predicted octanol–water partition coefficient (Wildman–Crippen LogP) is 2.37. The van der Waals surface area contributed by atoms with Crippen LogP contribution in [0.25, 0.3) is 0 Å². The molecule has 0 aliphatic carbocycles. The van der Waals surface area contributed by atoms with Crippen LogP contribution in [0.15, 0.2) is 30.3 Å². The van der Waals surface area contributed by atoms with Crippen LogP contribution < -0.4 is 10.6 Å². The number of amides is 2. The Hall–Kier alpha value is -1.76. The zero-order valence-electron chi connectivity index (χ0n) is 11.9. The van der Waals surface area contributed by atoms with Crippen LogP contribution in [0.1, 0.15) is 12.0 Å². The molecule has 1 aromatic rings. The zero-order valence-corrected chi connectivity index (χ0v) is 11.9. The molecule has 21 heavy (non-hydrogen) atoms. The third kappa shape index (κ3) is 8.91.